The van der Waals surface area contributed by atoms with Crippen molar-refractivity contribution in [3.63, 3.8) is 0 Å². The molecule has 1 atom stereocenters. The molecule has 0 N–H and O–H groups in total. The molecule has 0 spiro atoms. The van der Waals surface area contributed by atoms with E-state index in [0.29, 0.717) is 12.7 Å². The van der Waals surface area contributed by atoms with Gasteiger partial charge >= 0.3 is 0 Å². The van der Waals surface area contributed by atoms with E-state index < -0.39 is 9.05 Å². The van der Waals surface area contributed by atoms with Crippen molar-refractivity contribution in [2.75, 3.05) is 12.4 Å². The van der Waals surface area contributed by atoms with Crippen LogP contribution in [0.3, 0.4) is 0 Å². The minimum absolute atomic E-state index is 0.0121. The summed E-state index contributed by atoms with van der Waals surface area (Å²) < 4.78 is 27.3. The second kappa shape index (κ2) is 4.81. The molecule has 1 rings (SSSR count). The van der Waals surface area contributed by atoms with Crippen molar-refractivity contribution in [2.24, 2.45) is 11.8 Å². The van der Waals surface area contributed by atoms with Crippen molar-refractivity contribution < 1.29 is 13.2 Å². The van der Waals surface area contributed by atoms with Crippen molar-refractivity contribution in [1.82, 2.24) is 0 Å². The first-order valence-corrected chi connectivity index (χ1v) is 7.40. The maximum absolute atomic E-state index is 10.9. The van der Waals surface area contributed by atoms with Gasteiger partial charge in [-0.1, -0.05) is 13.8 Å². The number of ether oxygens (including phenoxy) is 1. The molecule has 0 radical (unpaired) electrons. The average molecular weight is 241 g/mol. The number of hydrogen-bond donors (Lipinski definition) is 0. The van der Waals surface area contributed by atoms with Crippen LogP contribution >= 0.6 is 10.7 Å². The predicted octanol–water partition coefficient (Wildman–Crippen LogP) is 2.01. The van der Waals surface area contributed by atoms with Crippen molar-refractivity contribution in [2.45, 2.75) is 32.8 Å². The third-order valence-electron chi connectivity index (χ3n) is 2.43. The van der Waals surface area contributed by atoms with E-state index in [2.05, 4.69) is 0 Å². The third-order valence-corrected chi connectivity index (χ3v) is 3.63. The Morgan fingerprint density at radius 2 is 2.00 bits per heavy atom. The minimum Gasteiger partial charge on any atom is -0.378 e. The number of rotatable bonds is 6. The van der Waals surface area contributed by atoms with Gasteiger partial charge in [-0.25, -0.2) is 8.42 Å². The Bertz CT molecular complexity index is 270. The standard InChI is InChI=1S/C9H17ClO3S/c1-7(2)8(6-14(10,11)12)5-13-9-3-4-9/h7-9H,3-6H2,1-2H3. The van der Waals surface area contributed by atoms with E-state index in [0.717, 1.165) is 12.8 Å². The molecule has 0 bridgehead atoms. The summed E-state index contributed by atoms with van der Waals surface area (Å²) in [5.41, 5.74) is 0. The van der Waals surface area contributed by atoms with Gasteiger partial charge in [-0.05, 0) is 24.7 Å². The molecule has 84 valence electrons. The van der Waals surface area contributed by atoms with Crippen LogP contribution < -0.4 is 0 Å². The molecule has 0 aromatic rings. The lowest BCUT2D eigenvalue weighted by molar-refractivity contribution is 0.0784. The average Bonchev–Trinajstić information content (AvgIpc) is 2.78. The van der Waals surface area contributed by atoms with Crippen molar-refractivity contribution in [3.05, 3.63) is 0 Å². The first-order valence-electron chi connectivity index (χ1n) is 4.92. The van der Waals surface area contributed by atoms with Crippen LogP contribution in [0.1, 0.15) is 26.7 Å². The fraction of sp³-hybridized carbons (Fsp3) is 1.00. The zero-order valence-electron chi connectivity index (χ0n) is 8.57. The summed E-state index contributed by atoms with van der Waals surface area (Å²) in [7, 11) is 1.82. The molecule has 0 saturated heterocycles. The molecule has 1 unspecified atom stereocenters. The Hall–Kier alpha value is 0.200. The molecular weight excluding hydrogens is 224 g/mol. The van der Waals surface area contributed by atoms with Crippen LogP contribution in [0.2, 0.25) is 0 Å². The van der Waals surface area contributed by atoms with E-state index in [1.54, 1.807) is 0 Å². The molecular formula is C9H17ClO3S. The number of hydrogen-bond acceptors (Lipinski definition) is 3. The van der Waals surface area contributed by atoms with Crippen LogP contribution in [0.15, 0.2) is 0 Å². The Morgan fingerprint density at radius 3 is 2.36 bits per heavy atom. The molecule has 0 amide bonds. The van der Waals surface area contributed by atoms with Gasteiger partial charge in [-0.2, -0.15) is 0 Å². The molecule has 14 heavy (non-hydrogen) atoms. The van der Waals surface area contributed by atoms with E-state index in [9.17, 15) is 8.42 Å². The minimum atomic E-state index is -3.40. The van der Waals surface area contributed by atoms with Crippen LogP contribution in [-0.4, -0.2) is 26.9 Å². The summed E-state index contributed by atoms with van der Waals surface area (Å²) in [5.74, 6) is 0.305. The van der Waals surface area contributed by atoms with E-state index in [-0.39, 0.29) is 17.6 Å². The highest BCUT2D eigenvalue weighted by Gasteiger charge is 2.26. The van der Waals surface area contributed by atoms with Crippen LogP contribution in [-0.2, 0) is 13.8 Å². The largest absolute Gasteiger partial charge is 0.378 e. The van der Waals surface area contributed by atoms with Crippen LogP contribution in [0.5, 0.6) is 0 Å². The molecule has 1 aliphatic rings. The van der Waals surface area contributed by atoms with Gasteiger partial charge < -0.3 is 4.74 Å². The van der Waals surface area contributed by atoms with Gasteiger partial charge in [-0.3, -0.25) is 0 Å². The van der Waals surface area contributed by atoms with Crippen molar-refractivity contribution >= 4 is 19.7 Å². The van der Waals surface area contributed by atoms with E-state index in [1.807, 2.05) is 13.8 Å². The molecule has 0 heterocycles. The van der Waals surface area contributed by atoms with Crippen LogP contribution in [0.4, 0.5) is 0 Å². The predicted molar refractivity (Wildman–Crippen MR) is 56.9 cm³/mol. The SMILES string of the molecule is CC(C)C(COC1CC1)CS(=O)(=O)Cl. The highest BCUT2D eigenvalue weighted by Crippen LogP contribution is 2.26. The summed E-state index contributed by atoms with van der Waals surface area (Å²) in [4.78, 5) is 0. The van der Waals surface area contributed by atoms with Crippen molar-refractivity contribution in [1.29, 1.82) is 0 Å². The Labute approximate surface area is 90.2 Å². The topological polar surface area (TPSA) is 43.4 Å². The smallest absolute Gasteiger partial charge is 0.232 e. The molecule has 1 fully saturated rings. The first-order chi connectivity index (χ1) is 6.38. The van der Waals surface area contributed by atoms with Crippen molar-refractivity contribution in [3.8, 4) is 0 Å². The second-order valence-corrected chi connectivity index (χ2v) is 7.06. The molecule has 0 aliphatic heterocycles. The van der Waals surface area contributed by atoms with E-state index in [4.69, 9.17) is 15.4 Å². The zero-order chi connectivity index (χ0) is 10.8. The second-order valence-electron chi connectivity index (χ2n) is 4.24. The van der Waals surface area contributed by atoms with Gasteiger partial charge in [0.05, 0.1) is 18.5 Å². The highest BCUT2D eigenvalue weighted by atomic mass is 35.7. The van der Waals surface area contributed by atoms with Gasteiger partial charge in [0.1, 0.15) is 0 Å². The van der Waals surface area contributed by atoms with E-state index >= 15 is 0 Å². The van der Waals surface area contributed by atoms with E-state index in [1.165, 1.54) is 0 Å². The molecule has 0 aromatic carbocycles. The molecule has 0 aromatic heterocycles. The Balaban J connectivity index is 2.37. The van der Waals surface area contributed by atoms with Crippen LogP contribution in [0.25, 0.3) is 0 Å². The Morgan fingerprint density at radius 1 is 1.43 bits per heavy atom. The summed E-state index contributed by atoms with van der Waals surface area (Å²) in [5, 5.41) is 0. The van der Waals surface area contributed by atoms with Gasteiger partial charge in [0.15, 0.2) is 0 Å². The lowest BCUT2D eigenvalue weighted by Crippen LogP contribution is -2.23. The summed E-state index contributed by atoms with van der Waals surface area (Å²) in [6.07, 6.45) is 2.59. The summed E-state index contributed by atoms with van der Waals surface area (Å²) >= 11 is 0. The summed E-state index contributed by atoms with van der Waals surface area (Å²) in [6.45, 7) is 4.49. The monoisotopic (exact) mass is 240 g/mol. The summed E-state index contributed by atoms with van der Waals surface area (Å²) in [6, 6.07) is 0. The fourth-order valence-corrected chi connectivity index (χ4v) is 2.66. The van der Waals surface area contributed by atoms with Gasteiger partial charge in [0.25, 0.3) is 0 Å². The third kappa shape index (κ3) is 5.17. The lowest BCUT2D eigenvalue weighted by Gasteiger charge is -2.18. The van der Waals surface area contributed by atoms with Gasteiger partial charge in [0, 0.05) is 10.7 Å². The molecule has 1 aliphatic carbocycles. The normalized spacial score (nSPS) is 20.0. The first kappa shape index (κ1) is 12.3. The fourth-order valence-electron chi connectivity index (χ4n) is 1.18. The quantitative estimate of drug-likeness (QED) is 0.667. The van der Waals surface area contributed by atoms with Gasteiger partial charge in [0.2, 0.25) is 9.05 Å². The van der Waals surface area contributed by atoms with Crippen LogP contribution in [0, 0.1) is 11.8 Å². The molecule has 1 saturated carbocycles. The van der Waals surface area contributed by atoms with Gasteiger partial charge in [-0.15, -0.1) is 0 Å². The maximum atomic E-state index is 10.9. The lowest BCUT2D eigenvalue weighted by atomic mass is 9.99. The zero-order valence-corrected chi connectivity index (χ0v) is 10.1. The maximum Gasteiger partial charge on any atom is 0.232 e. The highest BCUT2D eigenvalue weighted by molar-refractivity contribution is 8.13. The Kier molecular flexibility index (Phi) is 4.22. The number of halogens is 1. The molecule has 3 nitrogen and oxygen atoms in total. The molecule has 5 heteroatoms.